The highest BCUT2D eigenvalue weighted by atomic mass is 16.1. The maximum absolute atomic E-state index is 12.1. The molecule has 2 aromatic carbocycles. The van der Waals surface area contributed by atoms with Crippen LogP contribution in [0.2, 0.25) is 0 Å². The van der Waals surface area contributed by atoms with Gasteiger partial charge >= 0.3 is 0 Å². The molecule has 0 unspecified atom stereocenters. The number of anilines is 1. The minimum Gasteiger partial charge on any atom is -0.322 e. The molecule has 1 amide bonds. The molecule has 21 heavy (non-hydrogen) atoms. The van der Waals surface area contributed by atoms with Gasteiger partial charge in [0.05, 0.1) is 0 Å². The van der Waals surface area contributed by atoms with Gasteiger partial charge in [-0.25, -0.2) is 9.97 Å². The first-order valence-electron chi connectivity index (χ1n) is 6.55. The van der Waals surface area contributed by atoms with E-state index in [-0.39, 0.29) is 5.91 Å². The first kappa shape index (κ1) is 13.0. The fourth-order valence-electron chi connectivity index (χ4n) is 2.02. The predicted molar refractivity (Wildman–Crippen MR) is 81.9 cm³/mol. The minimum absolute atomic E-state index is 0.128. The first-order chi connectivity index (χ1) is 10.3. The summed E-state index contributed by atoms with van der Waals surface area (Å²) in [6, 6.07) is 16.7. The van der Waals surface area contributed by atoms with Gasteiger partial charge in [0.1, 0.15) is 6.33 Å². The molecular formula is C17H13N3O. The van der Waals surface area contributed by atoms with Crippen molar-refractivity contribution in [3.63, 3.8) is 0 Å². The van der Waals surface area contributed by atoms with Crippen LogP contribution >= 0.6 is 0 Å². The Morgan fingerprint density at radius 2 is 1.62 bits per heavy atom. The van der Waals surface area contributed by atoms with E-state index in [4.69, 9.17) is 0 Å². The molecule has 0 radical (unpaired) electrons. The molecule has 0 saturated heterocycles. The Bertz CT molecular complexity index is 742. The van der Waals surface area contributed by atoms with Crippen molar-refractivity contribution in [1.29, 1.82) is 0 Å². The monoisotopic (exact) mass is 275 g/mol. The van der Waals surface area contributed by atoms with Crippen molar-refractivity contribution in [2.45, 2.75) is 0 Å². The summed E-state index contributed by atoms with van der Waals surface area (Å²) in [5, 5.41) is 2.89. The Morgan fingerprint density at radius 3 is 2.38 bits per heavy atom. The zero-order chi connectivity index (χ0) is 14.5. The van der Waals surface area contributed by atoms with Crippen LogP contribution in [0.1, 0.15) is 10.4 Å². The molecule has 0 bridgehead atoms. The summed E-state index contributed by atoms with van der Waals surface area (Å²) >= 11 is 0. The van der Waals surface area contributed by atoms with Crippen molar-refractivity contribution < 1.29 is 4.79 Å². The maximum atomic E-state index is 12.1. The molecule has 102 valence electrons. The highest BCUT2D eigenvalue weighted by Crippen LogP contribution is 2.21. The molecule has 0 spiro atoms. The largest absolute Gasteiger partial charge is 0.322 e. The van der Waals surface area contributed by atoms with E-state index in [1.54, 1.807) is 24.5 Å². The third kappa shape index (κ3) is 3.12. The van der Waals surface area contributed by atoms with E-state index in [0.717, 1.165) is 16.8 Å². The smallest absolute Gasteiger partial charge is 0.255 e. The van der Waals surface area contributed by atoms with Gasteiger partial charge in [0.15, 0.2) is 0 Å². The van der Waals surface area contributed by atoms with Crippen molar-refractivity contribution >= 4 is 11.6 Å². The van der Waals surface area contributed by atoms with Gasteiger partial charge in [-0.3, -0.25) is 4.79 Å². The summed E-state index contributed by atoms with van der Waals surface area (Å²) in [6.07, 6.45) is 4.97. The summed E-state index contributed by atoms with van der Waals surface area (Å²) in [6.45, 7) is 0. The number of hydrogen-bond donors (Lipinski definition) is 1. The molecule has 1 heterocycles. The highest BCUT2D eigenvalue weighted by Gasteiger charge is 2.06. The van der Waals surface area contributed by atoms with Gasteiger partial charge in [0.25, 0.3) is 5.91 Å². The van der Waals surface area contributed by atoms with Crippen LogP contribution in [0, 0.1) is 0 Å². The van der Waals surface area contributed by atoms with Crippen molar-refractivity contribution in [2.24, 2.45) is 0 Å². The molecule has 0 atom stereocenters. The summed E-state index contributed by atoms with van der Waals surface area (Å²) in [4.78, 5) is 20.1. The number of nitrogens with zero attached hydrogens (tertiary/aromatic N) is 2. The lowest BCUT2D eigenvalue weighted by molar-refractivity contribution is 0.102. The Labute approximate surface area is 122 Å². The Balaban J connectivity index is 1.83. The molecule has 0 aliphatic carbocycles. The molecule has 0 saturated carbocycles. The Kier molecular flexibility index (Phi) is 3.69. The molecule has 4 heteroatoms. The topological polar surface area (TPSA) is 54.9 Å². The van der Waals surface area contributed by atoms with Crippen LogP contribution in [0.4, 0.5) is 5.69 Å². The van der Waals surface area contributed by atoms with Gasteiger partial charge in [-0.1, -0.05) is 30.3 Å². The number of aromatic nitrogens is 2. The number of carbonyl (C=O) groups excluding carboxylic acids is 1. The predicted octanol–water partition coefficient (Wildman–Crippen LogP) is 3.40. The molecule has 3 rings (SSSR count). The fraction of sp³-hybridized carbons (Fsp3) is 0. The first-order valence-corrected chi connectivity index (χ1v) is 6.55. The highest BCUT2D eigenvalue weighted by molar-refractivity contribution is 6.04. The van der Waals surface area contributed by atoms with Gasteiger partial charge in [-0.15, -0.1) is 0 Å². The van der Waals surface area contributed by atoms with E-state index in [1.165, 1.54) is 6.33 Å². The second-order valence-electron chi connectivity index (χ2n) is 4.53. The minimum atomic E-state index is -0.128. The zero-order valence-corrected chi connectivity index (χ0v) is 11.2. The molecular weight excluding hydrogens is 262 g/mol. The van der Waals surface area contributed by atoms with Crippen LogP contribution in [-0.2, 0) is 0 Å². The Hall–Kier alpha value is -3.01. The summed E-state index contributed by atoms with van der Waals surface area (Å²) in [5.41, 5.74) is 3.24. The standard InChI is InChI=1S/C17H13N3O/c21-17(13-5-2-1-3-6-13)20-16-8-4-7-14(9-16)15-10-18-12-19-11-15/h1-12H,(H,20,21). The van der Waals surface area contributed by atoms with Crippen LogP contribution in [0.15, 0.2) is 73.3 Å². The summed E-state index contributed by atoms with van der Waals surface area (Å²) < 4.78 is 0. The fourth-order valence-corrected chi connectivity index (χ4v) is 2.02. The molecule has 0 aliphatic heterocycles. The van der Waals surface area contributed by atoms with Crippen molar-refractivity contribution in [3.05, 3.63) is 78.9 Å². The SMILES string of the molecule is O=C(Nc1cccc(-c2cncnc2)c1)c1ccccc1. The van der Waals surface area contributed by atoms with Crippen molar-refractivity contribution in [3.8, 4) is 11.1 Å². The number of amides is 1. The number of carbonyl (C=O) groups is 1. The van der Waals surface area contributed by atoms with E-state index in [1.807, 2.05) is 42.5 Å². The van der Waals surface area contributed by atoms with Crippen molar-refractivity contribution in [2.75, 3.05) is 5.32 Å². The molecule has 4 nitrogen and oxygen atoms in total. The van der Waals surface area contributed by atoms with Gasteiger partial charge in [0.2, 0.25) is 0 Å². The van der Waals surface area contributed by atoms with E-state index in [2.05, 4.69) is 15.3 Å². The lowest BCUT2D eigenvalue weighted by atomic mass is 10.1. The molecule has 0 aliphatic rings. The van der Waals surface area contributed by atoms with Crippen molar-refractivity contribution in [1.82, 2.24) is 9.97 Å². The number of benzene rings is 2. The second-order valence-corrected chi connectivity index (χ2v) is 4.53. The maximum Gasteiger partial charge on any atom is 0.255 e. The van der Waals surface area contributed by atoms with Gasteiger partial charge in [-0.2, -0.15) is 0 Å². The van der Waals surface area contributed by atoms with Crippen LogP contribution in [-0.4, -0.2) is 15.9 Å². The molecule has 0 fully saturated rings. The number of rotatable bonds is 3. The van der Waals surface area contributed by atoms with Gasteiger partial charge < -0.3 is 5.32 Å². The molecule has 1 aromatic heterocycles. The average Bonchev–Trinajstić information content (AvgIpc) is 2.57. The van der Waals surface area contributed by atoms with Gasteiger partial charge in [-0.05, 0) is 29.8 Å². The lowest BCUT2D eigenvalue weighted by Gasteiger charge is -2.07. The zero-order valence-electron chi connectivity index (χ0n) is 11.2. The summed E-state index contributed by atoms with van der Waals surface area (Å²) in [5.74, 6) is -0.128. The van der Waals surface area contributed by atoms with Gasteiger partial charge in [0, 0.05) is 29.2 Å². The van der Waals surface area contributed by atoms with E-state index >= 15 is 0 Å². The van der Waals surface area contributed by atoms with E-state index in [9.17, 15) is 4.79 Å². The third-order valence-corrected chi connectivity index (χ3v) is 3.05. The molecule has 3 aromatic rings. The van der Waals surface area contributed by atoms with Crippen LogP contribution in [0.5, 0.6) is 0 Å². The average molecular weight is 275 g/mol. The van der Waals surface area contributed by atoms with Crippen LogP contribution in [0.3, 0.4) is 0 Å². The normalized spacial score (nSPS) is 10.1. The quantitative estimate of drug-likeness (QED) is 0.797. The second kappa shape index (κ2) is 5.96. The van der Waals surface area contributed by atoms with Crippen LogP contribution < -0.4 is 5.32 Å². The molecule has 1 N–H and O–H groups in total. The number of hydrogen-bond acceptors (Lipinski definition) is 3. The summed E-state index contributed by atoms with van der Waals surface area (Å²) in [7, 11) is 0. The van der Waals surface area contributed by atoms with Crippen LogP contribution in [0.25, 0.3) is 11.1 Å². The van der Waals surface area contributed by atoms with E-state index in [0.29, 0.717) is 5.56 Å². The lowest BCUT2D eigenvalue weighted by Crippen LogP contribution is -2.11. The third-order valence-electron chi connectivity index (χ3n) is 3.05. The number of nitrogens with one attached hydrogen (secondary N) is 1. The van der Waals surface area contributed by atoms with E-state index < -0.39 is 0 Å². The Morgan fingerprint density at radius 1 is 0.857 bits per heavy atom.